The molecule has 0 aliphatic heterocycles. The van der Waals surface area contributed by atoms with E-state index in [0.29, 0.717) is 6.61 Å². The first-order valence-electron chi connectivity index (χ1n) is 8.13. The van der Waals surface area contributed by atoms with E-state index in [2.05, 4.69) is 19.6 Å². The van der Waals surface area contributed by atoms with Crippen LogP contribution in [0.25, 0.3) is 0 Å². The highest BCUT2D eigenvalue weighted by Crippen LogP contribution is 2.23. The molecule has 0 saturated heterocycles. The average molecular weight is 344 g/mol. The van der Waals surface area contributed by atoms with Crippen LogP contribution in [0.1, 0.15) is 13.8 Å². The number of methoxy groups -OCH3 is 1. The molecule has 1 rings (SSSR count). The van der Waals surface area contributed by atoms with Crippen LogP contribution in [0.2, 0.25) is 25.7 Å². The maximum absolute atomic E-state index is 5.92. The third-order valence-electron chi connectivity index (χ3n) is 3.60. The fourth-order valence-electron chi connectivity index (χ4n) is 1.87. The van der Waals surface area contributed by atoms with Crippen molar-refractivity contribution in [2.75, 3.05) is 27.1 Å². The molecule has 0 aromatic heterocycles. The zero-order chi connectivity index (χ0) is 17.6. The molecule has 134 valence electrons. The Morgan fingerprint density at radius 1 is 1.17 bits per heavy atom. The van der Waals surface area contributed by atoms with E-state index in [1.54, 1.807) is 7.11 Å². The lowest BCUT2D eigenvalue weighted by Crippen LogP contribution is -2.41. The molecule has 0 aromatic rings. The van der Waals surface area contributed by atoms with E-state index in [1.807, 2.05) is 38.2 Å². The van der Waals surface area contributed by atoms with Gasteiger partial charge in [-0.05, 0) is 32.0 Å². The van der Waals surface area contributed by atoms with E-state index in [4.69, 9.17) is 24.7 Å². The summed E-state index contributed by atoms with van der Waals surface area (Å²) in [5.74, 6) is -0.866. The number of rotatable bonds is 10. The third kappa shape index (κ3) is 8.24. The molecule has 0 aromatic carbocycles. The first kappa shape index (κ1) is 20.5. The smallest absolute Gasteiger partial charge is 0.207 e. The van der Waals surface area contributed by atoms with Crippen molar-refractivity contribution in [3.63, 3.8) is 0 Å². The maximum atomic E-state index is 5.92. The van der Waals surface area contributed by atoms with Crippen LogP contribution >= 0.6 is 0 Å². The number of ether oxygens (including phenoxy) is 4. The van der Waals surface area contributed by atoms with Crippen molar-refractivity contribution < 1.29 is 18.9 Å². The molecule has 0 atom stereocenters. The van der Waals surface area contributed by atoms with Crippen molar-refractivity contribution in [2.45, 2.75) is 57.0 Å². The fraction of sp³-hybridized carbons (Fsp3) is 0.765. The van der Waals surface area contributed by atoms with Crippen LogP contribution in [0.4, 0.5) is 0 Å². The Labute approximate surface area is 141 Å². The predicted octanol–water partition coefficient (Wildman–Crippen LogP) is 2.91. The number of nitrogens with two attached hydrogens (primary N) is 1. The Morgan fingerprint density at radius 3 is 2.30 bits per heavy atom. The van der Waals surface area contributed by atoms with E-state index in [-0.39, 0.29) is 12.8 Å². The van der Waals surface area contributed by atoms with Crippen LogP contribution in [0.3, 0.4) is 0 Å². The Bertz CT molecular complexity index is 401. The van der Waals surface area contributed by atoms with E-state index in [1.165, 1.54) is 0 Å². The van der Waals surface area contributed by atoms with Gasteiger partial charge in [-0.25, -0.2) is 0 Å². The van der Waals surface area contributed by atoms with Gasteiger partial charge < -0.3 is 24.7 Å². The van der Waals surface area contributed by atoms with Crippen LogP contribution in [0, 0.1) is 0 Å². The second kappa shape index (κ2) is 8.55. The molecule has 0 bridgehead atoms. The Morgan fingerprint density at radius 2 is 1.78 bits per heavy atom. The van der Waals surface area contributed by atoms with Gasteiger partial charge in [0.25, 0.3) is 0 Å². The fourth-order valence-corrected chi connectivity index (χ4v) is 2.62. The third-order valence-corrected chi connectivity index (χ3v) is 5.30. The van der Waals surface area contributed by atoms with Crippen LogP contribution < -0.4 is 5.73 Å². The SMILES string of the molecule is COC1(OCC(C)(C)OCOCC[Si](C)(C)C)C=CC(N)C=C1. The number of hydrogen-bond acceptors (Lipinski definition) is 5. The molecular weight excluding hydrogens is 310 g/mol. The largest absolute Gasteiger partial charge is 0.356 e. The first-order chi connectivity index (χ1) is 10.6. The number of hydrogen-bond donors (Lipinski definition) is 1. The van der Waals surface area contributed by atoms with Crippen molar-refractivity contribution in [1.82, 2.24) is 0 Å². The predicted molar refractivity (Wildman–Crippen MR) is 96.1 cm³/mol. The lowest BCUT2D eigenvalue weighted by atomic mass is 10.1. The van der Waals surface area contributed by atoms with Crippen LogP contribution in [-0.4, -0.2) is 52.6 Å². The van der Waals surface area contributed by atoms with Crippen molar-refractivity contribution in [1.29, 1.82) is 0 Å². The molecule has 0 unspecified atom stereocenters. The molecule has 0 heterocycles. The summed E-state index contributed by atoms with van der Waals surface area (Å²) in [5.41, 5.74) is 5.33. The summed E-state index contributed by atoms with van der Waals surface area (Å²) in [4.78, 5) is 0. The van der Waals surface area contributed by atoms with Gasteiger partial charge in [0.05, 0.1) is 12.2 Å². The van der Waals surface area contributed by atoms with Gasteiger partial charge in [-0.1, -0.05) is 31.8 Å². The van der Waals surface area contributed by atoms with E-state index in [0.717, 1.165) is 12.7 Å². The Hall–Kier alpha value is -0.503. The molecule has 23 heavy (non-hydrogen) atoms. The van der Waals surface area contributed by atoms with Crippen molar-refractivity contribution in [2.24, 2.45) is 5.73 Å². The summed E-state index contributed by atoms with van der Waals surface area (Å²) in [5, 5.41) is 0. The topological polar surface area (TPSA) is 62.9 Å². The summed E-state index contributed by atoms with van der Waals surface area (Å²) in [6, 6.07) is 1.04. The molecule has 0 amide bonds. The summed E-state index contributed by atoms with van der Waals surface area (Å²) >= 11 is 0. The van der Waals surface area contributed by atoms with Gasteiger partial charge in [-0.15, -0.1) is 0 Å². The van der Waals surface area contributed by atoms with Gasteiger partial charge in [0.15, 0.2) is 0 Å². The molecule has 1 aliphatic rings. The van der Waals surface area contributed by atoms with Crippen molar-refractivity contribution in [3.8, 4) is 0 Å². The van der Waals surface area contributed by atoms with E-state index in [9.17, 15) is 0 Å². The molecule has 0 radical (unpaired) electrons. The minimum atomic E-state index is -1.06. The lowest BCUT2D eigenvalue weighted by Gasteiger charge is -2.33. The van der Waals surface area contributed by atoms with Gasteiger partial charge in [0.2, 0.25) is 5.79 Å². The monoisotopic (exact) mass is 343 g/mol. The quantitative estimate of drug-likeness (QED) is 0.286. The highest BCUT2D eigenvalue weighted by atomic mass is 28.3. The van der Waals surface area contributed by atoms with Gasteiger partial charge in [-0.3, -0.25) is 0 Å². The molecule has 0 fully saturated rings. The summed E-state index contributed by atoms with van der Waals surface area (Å²) < 4.78 is 22.8. The molecule has 2 N–H and O–H groups in total. The zero-order valence-corrected chi connectivity index (χ0v) is 16.4. The van der Waals surface area contributed by atoms with E-state index < -0.39 is 19.5 Å². The van der Waals surface area contributed by atoms with Crippen LogP contribution in [-0.2, 0) is 18.9 Å². The second-order valence-corrected chi connectivity index (χ2v) is 13.4. The van der Waals surface area contributed by atoms with Crippen LogP contribution in [0.15, 0.2) is 24.3 Å². The Kier molecular flexibility index (Phi) is 7.64. The normalized spacial score (nSPS) is 25.1. The van der Waals surface area contributed by atoms with Gasteiger partial charge in [-0.2, -0.15) is 0 Å². The van der Waals surface area contributed by atoms with Gasteiger partial charge in [0.1, 0.15) is 6.79 Å². The summed E-state index contributed by atoms with van der Waals surface area (Å²) in [6.45, 7) is 12.3. The van der Waals surface area contributed by atoms with Crippen molar-refractivity contribution in [3.05, 3.63) is 24.3 Å². The van der Waals surface area contributed by atoms with Gasteiger partial charge in [0, 0.05) is 27.8 Å². The summed E-state index contributed by atoms with van der Waals surface area (Å²) in [6.07, 6.45) is 7.38. The molecule has 6 heteroatoms. The maximum Gasteiger partial charge on any atom is 0.207 e. The molecular formula is C17H33NO4Si. The minimum absolute atomic E-state index is 0.0918. The zero-order valence-electron chi connectivity index (χ0n) is 15.4. The minimum Gasteiger partial charge on any atom is -0.356 e. The molecule has 5 nitrogen and oxygen atoms in total. The highest BCUT2D eigenvalue weighted by Gasteiger charge is 2.31. The second-order valence-electron chi connectivity index (χ2n) is 7.75. The standard InChI is InChI=1S/C17H33NO4Si/c1-16(2,22-14-20-11-12-23(4,5)6)13-21-17(19-3)9-7-15(18)8-10-17/h7-10,15H,11-14,18H2,1-6H3. The van der Waals surface area contributed by atoms with Gasteiger partial charge >= 0.3 is 0 Å². The van der Waals surface area contributed by atoms with Crippen LogP contribution in [0.5, 0.6) is 0 Å². The average Bonchev–Trinajstić information content (AvgIpc) is 2.46. The Balaban J connectivity index is 2.34. The lowest BCUT2D eigenvalue weighted by molar-refractivity contribution is -0.209. The molecule has 0 spiro atoms. The van der Waals surface area contributed by atoms with E-state index >= 15 is 0 Å². The molecule has 1 aliphatic carbocycles. The molecule has 0 saturated carbocycles. The first-order valence-corrected chi connectivity index (χ1v) is 11.8. The summed E-state index contributed by atoms with van der Waals surface area (Å²) in [7, 11) is 0.551. The van der Waals surface area contributed by atoms with Crippen molar-refractivity contribution >= 4 is 8.07 Å². The highest BCUT2D eigenvalue weighted by molar-refractivity contribution is 6.76.